The molecule has 0 atom stereocenters. The first kappa shape index (κ1) is 21.7. The first-order valence-corrected chi connectivity index (χ1v) is 8.48. The highest BCUT2D eigenvalue weighted by Gasteiger charge is 2.32. The summed E-state index contributed by atoms with van der Waals surface area (Å²) in [6.45, 7) is 0. The number of pyridine rings is 1. The van der Waals surface area contributed by atoms with Crippen molar-refractivity contribution in [2.45, 2.75) is 6.36 Å². The molecule has 0 aliphatic heterocycles. The van der Waals surface area contributed by atoms with Gasteiger partial charge in [-0.3, -0.25) is 14.6 Å². The molecule has 0 unspecified atom stereocenters. The molecule has 0 saturated heterocycles. The van der Waals surface area contributed by atoms with Crippen LogP contribution in [0.1, 0.15) is 10.4 Å². The lowest BCUT2D eigenvalue weighted by molar-refractivity contribution is -0.274. The van der Waals surface area contributed by atoms with Gasteiger partial charge in [-0.1, -0.05) is 0 Å². The van der Waals surface area contributed by atoms with Crippen LogP contribution in [-0.4, -0.2) is 23.7 Å². The lowest BCUT2D eigenvalue weighted by atomic mass is 10.1. The number of anilines is 2. The standard InChI is InChI=1S/C20H12F5N3O3/c21-13-5-12(6-14(22)8-13)16-3-2-15(9-26-16)28-19(30)11-1-4-18(31-20(23,24)25)17(7-11)27-10-29/h1-10H,(H,27,29)(H,28,30). The van der Waals surface area contributed by atoms with Crippen LogP contribution in [0.25, 0.3) is 11.3 Å². The SMILES string of the molecule is O=CNc1cc(C(=O)Nc2ccc(-c3cc(F)cc(F)c3)nc2)ccc1OC(F)(F)F. The summed E-state index contributed by atoms with van der Waals surface area (Å²) in [7, 11) is 0. The van der Waals surface area contributed by atoms with Crippen molar-refractivity contribution >= 4 is 23.7 Å². The Hall–Kier alpha value is -4.02. The van der Waals surface area contributed by atoms with E-state index >= 15 is 0 Å². The van der Waals surface area contributed by atoms with Gasteiger partial charge in [-0.05, 0) is 42.5 Å². The molecule has 3 aromatic rings. The molecule has 0 spiro atoms. The molecule has 0 fully saturated rings. The molecule has 1 heterocycles. The number of rotatable bonds is 6. The number of amides is 2. The van der Waals surface area contributed by atoms with Crippen LogP contribution in [0.3, 0.4) is 0 Å². The number of hydrogen-bond donors (Lipinski definition) is 2. The van der Waals surface area contributed by atoms with Crippen molar-refractivity contribution in [3.63, 3.8) is 0 Å². The van der Waals surface area contributed by atoms with Gasteiger partial charge in [-0.25, -0.2) is 8.78 Å². The smallest absolute Gasteiger partial charge is 0.404 e. The van der Waals surface area contributed by atoms with Gasteiger partial charge in [-0.2, -0.15) is 0 Å². The number of carbonyl (C=O) groups excluding carboxylic acids is 2. The fourth-order valence-corrected chi connectivity index (χ4v) is 2.60. The highest BCUT2D eigenvalue weighted by atomic mass is 19.4. The van der Waals surface area contributed by atoms with Crippen LogP contribution in [0, 0.1) is 11.6 Å². The van der Waals surface area contributed by atoms with Gasteiger partial charge in [0, 0.05) is 17.2 Å². The van der Waals surface area contributed by atoms with Crippen LogP contribution >= 0.6 is 0 Å². The van der Waals surface area contributed by atoms with Crippen LogP contribution < -0.4 is 15.4 Å². The fraction of sp³-hybridized carbons (Fsp3) is 0.0500. The van der Waals surface area contributed by atoms with Gasteiger partial charge in [0.25, 0.3) is 5.91 Å². The topological polar surface area (TPSA) is 80.3 Å². The number of nitrogens with zero attached hydrogens (tertiary/aromatic N) is 1. The molecule has 160 valence electrons. The summed E-state index contributed by atoms with van der Waals surface area (Å²) in [5.41, 5.74) is 0.227. The molecule has 2 N–H and O–H groups in total. The van der Waals surface area contributed by atoms with Gasteiger partial charge < -0.3 is 15.4 Å². The van der Waals surface area contributed by atoms with Crippen LogP contribution in [0.5, 0.6) is 5.75 Å². The number of hydrogen-bond acceptors (Lipinski definition) is 4. The zero-order valence-electron chi connectivity index (χ0n) is 15.3. The van der Waals surface area contributed by atoms with E-state index < -0.39 is 29.7 Å². The summed E-state index contributed by atoms with van der Waals surface area (Å²) < 4.78 is 67.8. The number of nitrogens with one attached hydrogen (secondary N) is 2. The Morgan fingerprint density at radius 1 is 1.00 bits per heavy atom. The highest BCUT2D eigenvalue weighted by molar-refractivity contribution is 6.05. The molecule has 1 aromatic heterocycles. The summed E-state index contributed by atoms with van der Waals surface area (Å²) in [6, 6.07) is 8.71. The minimum Gasteiger partial charge on any atom is -0.404 e. The molecular formula is C20H12F5N3O3. The second-order valence-electron chi connectivity index (χ2n) is 6.07. The normalized spacial score (nSPS) is 11.0. The Kier molecular flexibility index (Phi) is 6.14. The molecule has 3 rings (SSSR count). The number of aromatic nitrogens is 1. The first-order chi connectivity index (χ1) is 14.6. The monoisotopic (exact) mass is 437 g/mol. The average molecular weight is 437 g/mol. The van der Waals surface area contributed by atoms with E-state index in [2.05, 4.69) is 15.0 Å². The fourth-order valence-electron chi connectivity index (χ4n) is 2.60. The molecule has 11 heteroatoms. The van der Waals surface area contributed by atoms with Crippen LogP contribution in [-0.2, 0) is 4.79 Å². The average Bonchev–Trinajstić information content (AvgIpc) is 2.68. The van der Waals surface area contributed by atoms with Crippen molar-refractivity contribution in [1.82, 2.24) is 4.98 Å². The summed E-state index contributed by atoms with van der Waals surface area (Å²) in [5.74, 6) is -2.94. The molecule has 0 bridgehead atoms. The highest BCUT2D eigenvalue weighted by Crippen LogP contribution is 2.31. The zero-order valence-corrected chi connectivity index (χ0v) is 15.3. The molecule has 0 aliphatic rings. The van der Waals surface area contributed by atoms with E-state index in [0.29, 0.717) is 0 Å². The van der Waals surface area contributed by atoms with Crippen molar-refractivity contribution in [2.24, 2.45) is 0 Å². The van der Waals surface area contributed by atoms with Crippen molar-refractivity contribution in [2.75, 3.05) is 10.6 Å². The zero-order chi connectivity index (χ0) is 22.6. The molecule has 0 radical (unpaired) electrons. The lowest BCUT2D eigenvalue weighted by Gasteiger charge is -2.14. The molecule has 31 heavy (non-hydrogen) atoms. The van der Waals surface area contributed by atoms with Gasteiger partial charge in [-0.15, -0.1) is 13.2 Å². The summed E-state index contributed by atoms with van der Waals surface area (Å²) in [4.78, 5) is 27.1. The van der Waals surface area contributed by atoms with Crippen molar-refractivity contribution in [1.29, 1.82) is 0 Å². The van der Waals surface area contributed by atoms with E-state index in [-0.39, 0.29) is 34.6 Å². The van der Waals surface area contributed by atoms with Crippen LogP contribution in [0.15, 0.2) is 54.7 Å². The molecule has 0 aliphatic carbocycles. The number of benzene rings is 2. The Bertz CT molecular complexity index is 1100. The number of ether oxygens (including phenoxy) is 1. The molecule has 2 aromatic carbocycles. The maximum absolute atomic E-state index is 13.3. The minimum atomic E-state index is -4.99. The summed E-state index contributed by atoms with van der Waals surface area (Å²) >= 11 is 0. The van der Waals surface area contributed by atoms with Crippen LogP contribution in [0.4, 0.5) is 33.3 Å². The Labute approximate surface area is 171 Å². The van der Waals surface area contributed by atoms with Crippen LogP contribution in [0.2, 0.25) is 0 Å². The second kappa shape index (κ2) is 8.78. The van der Waals surface area contributed by atoms with E-state index in [1.54, 1.807) is 0 Å². The Balaban J connectivity index is 1.77. The van der Waals surface area contributed by atoms with E-state index in [1.807, 2.05) is 5.32 Å². The Morgan fingerprint density at radius 3 is 2.29 bits per heavy atom. The molecule has 0 saturated carbocycles. The number of halogens is 5. The predicted molar refractivity (Wildman–Crippen MR) is 100 cm³/mol. The lowest BCUT2D eigenvalue weighted by Crippen LogP contribution is -2.19. The van der Waals surface area contributed by atoms with Gasteiger partial charge in [0.05, 0.1) is 23.3 Å². The van der Waals surface area contributed by atoms with Gasteiger partial charge in [0.15, 0.2) is 5.75 Å². The molecule has 6 nitrogen and oxygen atoms in total. The largest absolute Gasteiger partial charge is 0.573 e. The number of alkyl halides is 3. The van der Waals surface area contributed by atoms with Gasteiger partial charge in [0.2, 0.25) is 6.41 Å². The van der Waals surface area contributed by atoms with Gasteiger partial charge in [0.1, 0.15) is 11.6 Å². The minimum absolute atomic E-state index is 0.0739. The third-order valence-corrected chi connectivity index (χ3v) is 3.86. The Morgan fingerprint density at radius 2 is 1.71 bits per heavy atom. The third-order valence-electron chi connectivity index (χ3n) is 3.86. The molecular weight excluding hydrogens is 425 g/mol. The molecule has 2 amide bonds. The second-order valence-corrected chi connectivity index (χ2v) is 6.07. The number of carbonyl (C=O) groups is 2. The van der Waals surface area contributed by atoms with E-state index in [4.69, 9.17) is 0 Å². The summed E-state index contributed by atoms with van der Waals surface area (Å²) in [5, 5.41) is 4.50. The van der Waals surface area contributed by atoms with E-state index in [1.165, 1.54) is 18.3 Å². The van der Waals surface area contributed by atoms with E-state index in [9.17, 15) is 31.5 Å². The third kappa shape index (κ3) is 5.75. The van der Waals surface area contributed by atoms with Crippen molar-refractivity contribution in [3.8, 4) is 17.0 Å². The summed E-state index contributed by atoms with van der Waals surface area (Å²) in [6.07, 6.45) is -3.61. The van der Waals surface area contributed by atoms with Crippen molar-refractivity contribution < 1.29 is 36.3 Å². The first-order valence-electron chi connectivity index (χ1n) is 8.48. The predicted octanol–water partition coefficient (Wildman–Crippen LogP) is 4.75. The maximum atomic E-state index is 13.3. The van der Waals surface area contributed by atoms with E-state index in [0.717, 1.165) is 36.4 Å². The van der Waals surface area contributed by atoms with Gasteiger partial charge >= 0.3 is 6.36 Å². The maximum Gasteiger partial charge on any atom is 0.573 e. The quantitative estimate of drug-likeness (QED) is 0.431. The van der Waals surface area contributed by atoms with Crippen molar-refractivity contribution in [3.05, 3.63) is 71.9 Å².